The first kappa shape index (κ1) is 9.90. The lowest BCUT2D eigenvalue weighted by Gasteiger charge is -2.13. The van der Waals surface area contributed by atoms with Crippen LogP contribution in [0.2, 0.25) is 5.02 Å². The molecule has 0 radical (unpaired) electrons. The summed E-state index contributed by atoms with van der Waals surface area (Å²) in [4.78, 5) is 4.21. The first-order valence-electron chi connectivity index (χ1n) is 5.15. The second kappa shape index (κ2) is 2.88. The minimum Gasteiger partial charge on any atom is -0.369 e. The number of anilines is 1. The minimum atomic E-state index is -0.431. The summed E-state index contributed by atoms with van der Waals surface area (Å²) in [6, 6.07) is 2.93. The largest absolute Gasteiger partial charge is 0.369 e. The van der Waals surface area contributed by atoms with Crippen LogP contribution in [-0.2, 0) is 5.54 Å². The van der Waals surface area contributed by atoms with Crippen molar-refractivity contribution in [2.45, 2.75) is 25.3 Å². The van der Waals surface area contributed by atoms with Crippen LogP contribution in [0.4, 0.5) is 10.3 Å². The maximum atomic E-state index is 13.4. The molecule has 1 aromatic carbocycles. The Morgan fingerprint density at radius 2 is 2.19 bits per heavy atom. The van der Waals surface area contributed by atoms with Crippen LogP contribution in [0.25, 0.3) is 11.0 Å². The van der Waals surface area contributed by atoms with E-state index < -0.39 is 5.82 Å². The van der Waals surface area contributed by atoms with Crippen LogP contribution in [0.1, 0.15) is 19.8 Å². The van der Waals surface area contributed by atoms with Crippen LogP contribution in [0.15, 0.2) is 12.1 Å². The lowest BCUT2D eigenvalue weighted by Crippen LogP contribution is -2.14. The molecular weight excluding hydrogens is 229 g/mol. The Kier molecular flexibility index (Phi) is 1.79. The van der Waals surface area contributed by atoms with Gasteiger partial charge in [-0.05, 0) is 25.8 Å². The highest BCUT2D eigenvalue weighted by Crippen LogP contribution is 2.46. The molecule has 1 aromatic heterocycles. The van der Waals surface area contributed by atoms with Crippen LogP contribution in [0, 0.1) is 5.82 Å². The molecular formula is C11H11ClFN3. The highest BCUT2D eigenvalue weighted by Gasteiger charge is 2.41. The van der Waals surface area contributed by atoms with Crippen LogP contribution in [0.3, 0.4) is 0 Å². The Hall–Kier alpha value is -1.29. The normalized spacial score (nSPS) is 17.9. The third-order valence-electron chi connectivity index (χ3n) is 3.24. The number of rotatable bonds is 1. The van der Waals surface area contributed by atoms with Gasteiger partial charge in [0.2, 0.25) is 5.95 Å². The van der Waals surface area contributed by atoms with E-state index >= 15 is 0 Å². The number of imidazole rings is 1. The smallest absolute Gasteiger partial charge is 0.201 e. The molecule has 84 valence electrons. The molecule has 3 rings (SSSR count). The molecule has 1 saturated carbocycles. The number of hydrogen-bond donors (Lipinski definition) is 1. The first-order valence-corrected chi connectivity index (χ1v) is 5.52. The molecule has 2 aromatic rings. The summed E-state index contributed by atoms with van der Waals surface area (Å²) in [5.74, 6) is -0.00349. The molecule has 0 bridgehead atoms. The highest BCUT2D eigenvalue weighted by atomic mass is 35.5. The van der Waals surface area contributed by atoms with Crippen molar-refractivity contribution in [1.29, 1.82) is 0 Å². The van der Waals surface area contributed by atoms with Gasteiger partial charge in [0.25, 0.3) is 0 Å². The van der Waals surface area contributed by atoms with Gasteiger partial charge in [0.05, 0.1) is 16.1 Å². The van der Waals surface area contributed by atoms with Crippen molar-refractivity contribution in [3.05, 3.63) is 23.0 Å². The van der Waals surface area contributed by atoms with Crippen molar-refractivity contribution in [2.24, 2.45) is 0 Å². The number of hydrogen-bond acceptors (Lipinski definition) is 2. The Morgan fingerprint density at radius 1 is 1.50 bits per heavy atom. The van der Waals surface area contributed by atoms with E-state index in [0.29, 0.717) is 11.5 Å². The van der Waals surface area contributed by atoms with E-state index in [9.17, 15) is 4.39 Å². The van der Waals surface area contributed by atoms with Crippen LogP contribution in [0.5, 0.6) is 0 Å². The topological polar surface area (TPSA) is 43.8 Å². The van der Waals surface area contributed by atoms with E-state index in [1.54, 1.807) is 0 Å². The molecule has 1 heterocycles. The van der Waals surface area contributed by atoms with E-state index in [1.807, 2.05) is 4.57 Å². The molecule has 0 spiro atoms. The number of aromatic nitrogens is 2. The minimum absolute atomic E-state index is 0.000890. The molecule has 0 saturated heterocycles. The van der Waals surface area contributed by atoms with Gasteiger partial charge < -0.3 is 10.3 Å². The number of nitrogens with two attached hydrogens (primary N) is 1. The fraction of sp³-hybridized carbons (Fsp3) is 0.364. The van der Waals surface area contributed by atoms with E-state index in [-0.39, 0.29) is 10.6 Å². The zero-order chi connectivity index (χ0) is 11.5. The maximum Gasteiger partial charge on any atom is 0.201 e. The van der Waals surface area contributed by atoms with Gasteiger partial charge in [-0.1, -0.05) is 11.6 Å². The Labute approximate surface area is 97.0 Å². The van der Waals surface area contributed by atoms with Crippen molar-refractivity contribution in [1.82, 2.24) is 9.55 Å². The fourth-order valence-electron chi connectivity index (χ4n) is 2.06. The summed E-state index contributed by atoms with van der Waals surface area (Å²) < 4.78 is 15.3. The second-order valence-electron chi connectivity index (χ2n) is 4.56. The van der Waals surface area contributed by atoms with Gasteiger partial charge in [0, 0.05) is 11.6 Å². The van der Waals surface area contributed by atoms with Gasteiger partial charge in [0.1, 0.15) is 5.82 Å². The van der Waals surface area contributed by atoms with Crippen LogP contribution < -0.4 is 5.73 Å². The van der Waals surface area contributed by atoms with Gasteiger partial charge in [-0.15, -0.1) is 0 Å². The first-order chi connectivity index (χ1) is 7.51. The third-order valence-corrected chi connectivity index (χ3v) is 3.53. The summed E-state index contributed by atoms with van der Waals surface area (Å²) in [6.45, 7) is 2.09. The molecule has 16 heavy (non-hydrogen) atoms. The summed E-state index contributed by atoms with van der Waals surface area (Å²) >= 11 is 5.71. The molecule has 0 unspecified atom stereocenters. The average Bonchev–Trinajstić information content (AvgIpc) is 2.84. The molecule has 3 nitrogen and oxygen atoms in total. The van der Waals surface area contributed by atoms with E-state index in [4.69, 9.17) is 17.3 Å². The van der Waals surface area contributed by atoms with Crippen molar-refractivity contribution in [2.75, 3.05) is 5.73 Å². The second-order valence-corrected chi connectivity index (χ2v) is 4.96. The molecule has 2 N–H and O–H groups in total. The van der Waals surface area contributed by atoms with Crippen molar-refractivity contribution in [3.8, 4) is 0 Å². The Bertz CT molecular complexity index is 586. The fourth-order valence-corrected chi connectivity index (χ4v) is 2.22. The predicted molar refractivity (Wildman–Crippen MR) is 62.0 cm³/mol. The number of nitrogens with zero attached hydrogens (tertiary/aromatic N) is 2. The molecule has 0 atom stereocenters. The molecule has 0 aliphatic heterocycles. The zero-order valence-corrected chi connectivity index (χ0v) is 9.55. The molecule has 0 amide bonds. The number of nitrogen functional groups attached to an aromatic ring is 1. The maximum absolute atomic E-state index is 13.4. The van der Waals surface area contributed by atoms with Gasteiger partial charge in [0.15, 0.2) is 0 Å². The molecule has 5 heteroatoms. The Morgan fingerprint density at radius 3 is 2.81 bits per heavy atom. The van der Waals surface area contributed by atoms with Crippen LogP contribution >= 0.6 is 11.6 Å². The van der Waals surface area contributed by atoms with Crippen molar-refractivity contribution in [3.63, 3.8) is 0 Å². The third kappa shape index (κ3) is 1.23. The van der Waals surface area contributed by atoms with E-state index in [2.05, 4.69) is 11.9 Å². The summed E-state index contributed by atoms with van der Waals surface area (Å²) in [6.07, 6.45) is 2.10. The lowest BCUT2D eigenvalue weighted by atomic mass is 10.2. The number of fused-ring (bicyclic) bond motifs is 1. The Balaban J connectivity index is 2.35. The number of halogens is 2. The van der Waals surface area contributed by atoms with Gasteiger partial charge >= 0.3 is 0 Å². The van der Waals surface area contributed by atoms with Gasteiger partial charge in [-0.25, -0.2) is 9.37 Å². The molecule has 1 fully saturated rings. The predicted octanol–water partition coefficient (Wildman–Crippen LogP) is 2.92. The quantitative estimate of drug-likeness (QED) is 0.832. The number of benzene rings is 1. The van der Waals surface area contributed by atoms with Crippen molar-refractivity contribution < 1.29 is 4.39 Å². The van der Waals surface area contributed by atoms with Crippen LogP contribution in [-0.4, -0.2) is 9.55 Å². The monoisotopic (exact) mass is 239 g/mol. The molecule has 1 aliphatic carbocycles. The summed E-state index contributed by atoms with van der Waals surface area (Å²) in [5.41, 5.74) is 7.24. The van der Waals surface area contributed by atoms with Gasteiger partial charge in [-0.2, -0.15) is 0 Å². The molecule has 1 aliphatic rings. The van der Waals surface area contributed by atoms with Gasteiger partial charge in [-0.3, -0.25) is 0 Å². The average molecular weight is 240 g/mol. The van der Waals surface area contributed by atoms with E-state index in [1.165, 1.54) is 12.1 Å². The highest BCUT2D eigenvalue weighted by molar-refractivity contribution is 6.31. The van der Waals surface area contributed by atoms with E-state index in [0.717, 1.165) is 18.4 Å². The summed E-state index contributed by atoms with van der Waals surface area (Å²) in [5, 5.41) is 0.0816. The standard InChI is InChI=1S/C11H11ClFN3/c1-11(2-3-11)16-9-5-7(13)6(12)4-8(9)15-10(16)14/h4-5H,2-3H2,1H3,(H2,14,15). The lowest BCUT2D eigenvalue weighted by molar-refractivity contribution is 0.554. The zero-order valence-electron chi connectivity index (χ0n) is 8.80. The summed E-state index contributed by atoms with van der Waals surface area (Å²) in [7, 11) is 0. The SMILES string of the molecule is CC1(n2c(N)nc3cc(Cl)c(F)cc32)CC1. The van der Waals surface area contributed by atoms with Crippen molar-refractivity contribution >= 4 is 28.6 Å².